The molecule has 4 heterocycles. The average Bonchev–Trinajstić information content (AvgIpc) is 3.35. The molecule has 0 aliphatic rings. The minimum Gasteiger partial charge on any atom is -0.381 e. The number of benzene rings is 2. The van der Waals surface area contributed by atoms with Crippen molar-refractivity contribution in [3.8, 4) is 17.5 Å². The Morgan fingerprint density at radius 1 is 0.977 bits per heavy atom. The number of fused-ring (bicyclic) bond motifs is 2. The molecule has 4 aromatic heterocycles. The summed E-state index contributed by atoms with van der Waals surface area (Å²) >= 11 is 2.26. The van der Waals surface area contributed by atoms with Crippen molar-refractivity contribution in [3.63, 3.8) is 0 Å². The van der Waals surface area contributed by atoms with E-state index in [1.807, 2.05) is 49.4 Å². The van der Waals surface area contributed by atoms with Gasteiger partial charge in [0.15, 0.2) is 11.5 Å². The monoisotopic (exact) mass is 680 g/mol. The number of nitrogens with zero attached hydrogens (tertiary/aromatic N) is 6. The van der Waals surface area contributed by atoms with E-state index in [9.17, 15) is 9.59 Å². The minimum absolute atomic E-state index is 0.0554. The summed E-state index contributed by atoms with van der Waals surface area (Å²) in [7, 11) is 0. The predicted octanol–water partition coefficient (Wildman–Crippen LogP) is 4.79. The molecule has 1 amide bonds. The molecule has 0 fully saturated rings. The molecule has 43 heavy (non-hydrogen) atoms. The lowest BCUT2D eigenvalue weighted by molar-refractivity contribution is 0.0940. The van der Waals surface area contributed by atoms with Gasteiger partial charge in [-0.15, -0.1) is 5.10 Å². The number of nitrogen functional groups attached to an aromatic ring is 1. The maximum absolute atomic E-state index is 14.2. The van der Waals surface area contributed by atoms with Crippen LogP contribution in [0.4, 0.5) is 5.82 Å². The summed E-state index contributed by atoms with van der Waals surface area (Å²) in [6.07, 6.45) is 5.06. The Labute approximate surface area is 260 Å². The van der Waals surface area contributed by atoms with Crippen LogP contribution in [0.15, 0.2) is 90.1 Å². The fourth-order valence-corrected chi connectivity index (χ4v) is 5.12. The van der Waals surface area contributed by atoms with E-state index in [-0.39, 0.29) is 20.9 Å². The lowest BCUT2D eigenvalue weighted by Gasteiger charge is -2.20. The molecule has 0 spiro atoms. The lowest BCUT2D eigenvalue weighted by atomic mass is 10.1. The highest BCUT2D eigenvalue weighted by molar-refractivity contribution is 14.1. The Morgan fingerprint density at radius 3 is 2.49 bits per heavy atom. The molecule has 2 aromatic carbocycles. The van der Waals surface area contributed by atoms with Gasteiger partial charge in [-0.25, -0.2) is 14.5 Å². The number of aromatic nitrogens is 6. The van der Waals surface area contributed by atoms with Gasteiger partial charge in [0.1, 0.15) is 11.4 Å². The van der Waals surface area contributed by atoms with Crippen molar-refractivity contribution in [1.29, 1.82) is 0 Å². The fraction of sp³-hybridized carbons (Fsp3) is 0.125. The Balaban J connectivity index is 1.46. The number of nitrogens with one attached hydrogen (secondary N) is 1. The van der Waals surface area contributed by atoms with Crippen LogP contribution in [-0.2, 0) is 0 Å². The smallest absolute Gasteiger partial charge is 0.267 e. The van der Waals surface area contributed by atoms with E-state index in [1.165, 1.54) is 9.08 Å². The van der Waals surface area contributed by atoms with Crippen LogP contribution in [0.25, 0.3) is 22.2 Å². The zero-order valence-corrected chi connectivity index (χ0v) is 25.4. The number of halogens is 1. The Morgan fingerprint density at radius 2 is 1.74 bits per heavy atom. The van der Waals surface area contributed by atoms with E-state index in [0.717, 1.165) is 11.3 Å². The second kappa shape index (κ2) is 11.7. The van der Waals surface area contributed by atoms with Crippen molar-refractivity contribution in [1.82, 2.24) is 34.4 Å². The number of hydrogen-bond donors (Lipinski definition) is 2. The van der Waals surface area contributed by atoms with Gasteiger partial charge in [0.25, 0.3) is 11.5 Å². The largest absolute Gasteiger partial charge is 0.381 e. The normalized spacial score (nSPS) is 12.4. The number of carbonyl (C=O) groups excluding carboxylic acids is 1. The number of pyridine rings is 1. The third kappa shape index (κ3) is 5.44. The SMILES string of the molecule is CC(I)c1ccn2nc(N)c(C(=O)NC(C)c3nc4cccc(C#Cc5ccncc5)c4c(=O)n3-c3ccccc3)c2n1. The third-order valence-electron chi connectivity index (χ3n) is 6.86. The molecule has 0 saturated carbocycles. The van der Waals surface area contributed by atoms with E-state index in [0.29, 0.717) is 33.6 Å². The average molecular weight is 681 g/mol. The Kier molecular flexibility index (Phi) is 7.60. The minimum atomic E-state index is -0.697. The first-order valence-corrected chi connectivity index (χ1v) is 14.7. The van der Waals surface area contributed by atoms with E-state index in [1.54, 1.807) is 49.8 Å². The van der Waals surface area contributed by atoms with Crippen LogP contribution in [0.2, 0.25) is 0 Å². The number of carbonyl (C=O) groups is 1. The summed E-state index contributed by atoms with van der Waals surface area (Å²) in [6, 6.07) is 19.3. The highest BCUT2D eigenvalue weighted by Gasteiger charge is 2.25. The summed E-state index contributed by atoms with van der Waals surface area (Å²) in [5.74, 6) is 6.16. The van der Waals surface area contributed by atoms with E-state index >= 15 is 0 Å². The molecule has 2 unspecified atom stereocenters. The number of para-hydroxylation sites is 1. The Hall–Kier alpha value is -5.09. The van der Waals surface area contributed by atoms with Gasteiger partial charge in [0.2, 0.25) is 0 Å². The second-order valence-electron chi connectivity index (χ2n) is 9.82. The second-order valence-corrected chi connectivity index (χ2v) is 11.7. The highest BCUT2D eigenvalue weighted by Crippen LogP contribution is 2.25. The van der Waals surface area contributed by atoms with Gasteiger partial charge in [-0.05, 0) is 56.3 Å². The van der Waals surface area contributed by atoms with Crippen LogP contribution >= 0.6 is 22.6 Å². The maximum atomic E-state index is 14.2. The molecule has 0 aliphatic heterocycles. The van der Waals surface area contributed by atoms with Crippen molar-refractivity contribution < 1.29 is 4.79 Å². The molecule has 6 aromatic rings. The lowest BCUT2D eigenvalue weighted by Crippen LogP contribution is -2.33. The quantitative estimate of drug-likeness (QED) is 0.152. The zero-order chi connectivity index (χ0) is 30.1. The molecule has 0 aliphatic carbocycles. The highest BCUT2D eigenvalue weighted by atomic mass is 127. The third-order valence-corrected chi connectivity index (χ3v) is 7.50. The summed E-state index contributed by atoms with van der Waals surface area (Å²) in [5, 5.41) is 7.62. The van der Waals surface area contributed by atoms with E-state index in [4.69, 9.17) is 10.7 Å². The number of nitrogens with two attached hydrogens (primary N) is 1. The van der Waals surface area contributed by atoms with Crippen LogP contribution in [0.3, 0.4) is 0 Å². The first kappa shape index (κ1) is 28.0. The van der Waals surface area contributed by atoms with E-state index < -0.39 is 11.9 Å². The molecule has 0 radical (unpaired) electrons. The van der Waals surface area contributed by atoms with Crippen LogP contribution in [0, 0.1) is 11.8 Å². The first-order valence-electron chi connectivity index (χ1n) is 13.4. The maximum Gasteiger partial charge on any atom is 0.267 e. The van der Waals surface area contributed by atoms with Crippen molar-refractivity contribution >= 4 is 50.9 Å². The van der Waals surface area contributed by atoms with Gasteiger partial charge in [-0.2, -0.15) is 0 Å². The van der Waals surface area contributed by atoms with Crippen molar-refractivity contribution in [2.45, 2.75) is 23.8 Å². The standard InChI is InChI=1S/C32H25IN8O2/c1-19(33)24-15-18-40-30(37-24)27(28(34)39-40)31(42)36-20(2)29-38-25-10-6-7-22(12-11-21-13-16-35-17-14-21)26(25)32(43)41(29)23-8-4-3-5-9-23/h3-10,13-20H,1-2H3,(H2,34,39)(H,36,42). The number of anilines is 1. The zero-order valence-electron chi connectivity index (χ0n) is 23.2. The number of alkyl halides is 1. The summed E-state index contributed by atoms with van der Waals surface area (Å²) in [4.78, 5) is 41.4. The molecule has 0 bridgehead atoms. The number of hydrogen-bond acceptors (Lipinski definition) is 7. The molecule has 212 valence electrons. The topological polar surface area (TPSA) is 133 Å². The molecule has 11 heteroatoms. The molecule has 0 saturated heterocycles. The van der Waals surface area contributed by atoms with Gasteiger partial charge in [-0.3, -0.25) is 19.1 Å². The number of rotatable bonds is 5. The predicted molar refractivity (Wildman–Crippen MR) is 173 cm³/mol. The van der Waals surface area contributed by atoms with Crippen LogP contribution < -0.4 is 16.6 Å². The van der Waals surface area contributed by atoms with Gasteiger partial charge < -0.3 is 11.1 Å². The van der Waals surface area contributed by atoms with Crippen LogP contribution in [0.5, 0.6) is 0 Å². The van der Waals surface area contributed by atoms with Gasteiger partial charge >= 0.3 is 0 Å². The summed E-state index contributed by atoms with van der Waals surface area (Å²) in [6.45, 7) is 3.77. The fourth-order valence-electron chi connectivity index (χ4n) is 4.78. The van der Waals surface area contributed by atoms with Crippen molar-refractivity contribution in [2.24, 2.45) is 0 Å². The van der Waals surface area contributed by atoms with Gasteiger partial charge in [0, 0.05) is 29.7 Å². The molecule has 6 rings (SSSR count). The van der Waals surface area contributed by atoms with E-state index in [2.05, 4.69) is 54.8 Å². The molecule has 3 N–H and O–H groups in total. The van der Waals surface area contributed by atoms with Crippen LogP contribution in [-0.4, -0.2) is 35.0 Å². The molecular weight excluding hydrogens is 655 g/mol. The molecule has 2 atom stereocenters. The first-order chi connectivity index (χ1) is 20.8. The Bertz CT molecular complexity index is 2110. The molecular formula is C32H25IN8O2. The van der Waals surface area contributed by atoms with Crippen molar-refractivity contribution in [2.75, 3.05) is 5.73 Å². The number of amides is 1. The molecule has 10 nitrogen and oxygen atoms in total. The van der Waals surface area contributed by atoms with Crippen molar-refractivity contribution in [3.05, 3.63) is 124 Å². The van der Waals surface area contributed by atoms with Gasteiger partial charge in [0.05, 0.1) is 32.3 Å². The summed E-state index contributed by atoms with van der Waals surface area (Å²) in [5.41, 5.74) is 9.58. The van der Waals surface area contributed by atoms with Gasteiger partial charge in [-0.1, -0.05) is 58.7 Å². The van der Waals surface area contributed by atoms with Crippen LogP contribution in [0.1, 0.15) is 56.8 Å². The summed E-state index contributed by atoms with van der Waals surface area (Å²) < 4.78 is 3.12.